The van der Waals surface area contributed by atoms with E-state index in [1.54, 1.807) is 0 Å². The summed E-state index contributed by atoms with van der Waals surface area (Å²) in [6.45, 7) is 9.15. The number of benzene rings is 1. The van der Waals surface area contributed by atoms with Crippen LogP contribution in [0.2, 0.25) is 0 Å². The Morgan fingerprint density at radius 1 is 1.24 bits per heavy atom. The number of hydrogen-bond donors (Lipinski definition) is 0. The van der Waals surface area contributed by atoms with E-state index in [0.717, 1.165) is 47.7 Å². The van der Waals surface area contributed by atoms with Crippen molar-refractivity contribution in [3.05, 3.63) is 28.8 Å². The SMILES string of the molecule is Cc1cc(C=O)cc(C)c1OCCCC(C)C. The summed E-state index contributed by atoms with van der Waals surface area (Å²) in [7, 11) is 0. The molecule has 0 amide bonds. The predicted molar refractivity (Wildman–Crippen MR) is 70.9 cm³/mol. The molecule has 0 atom stereocenters. The highest BCUT2D eigenvalue weighted by Crippen LogP contribution is 2.24. The minimum absolute atomic E-state index is 0.717. The lowest BCUT2D eigenvalue weighted by Gasteiger charge is -2.13. The summed E-state index contributed by atoms with van der Waals surface area (Å²) in [5, 5.41) is 0. The second-order valence-corrected chi connectivity index (χ2v) is 4.99. The van der Waals surface area contributed by atoms with E-state index >= 15 is 0 Å². The Morgan fingerprint density at radius 3 is 2.29 bits per heavy atom. The van der Waals surface area contributed by atoms with Gasteiger partial charge in [-0.2, -0.15) is 0 Å². The predicted octanol–water partition coefficient (Wildman–Crippen LogP) is 3.93. The smallest absolute Gasteiger partial charge is 0.150 e. The number of hydrogen-bond acceptors (Lipinski definition) is 2. The van der Waals surface area contributed by atoms with Gasteiger partial charge in [0.2, 0.25) is 0 Å². The second kappa shape index (κ2) is 6.43. The summed E-state index contributed by atoms with van der Waals surface area (Å²) >= 11 is 0. The Kier molecular flexibility index (Phi) is 5.20. The van der Waals surface area contributed by atoms with E-state index < -0.39 is 0 Å². The summed E-state index contributed by atoms with van der Waals surface area (Å²) in [4.78, 5) is 10.7. The quantitative estimate of drug-likeness (QED) is 0.550. The third-order valence-corrected chi connectivity index (χ3v) is 2.79. The minimum atomic E-state index is 0.717. The van der Waals surface area contributed by atoms with E-state index in [0.29, 0.717) is 0 Å². The van der Waals surface area contributed by atoms with Crippen LogP contribution in [0.4, 0.5) is 0 Å². The molecule has 0 heterocycles. The molecule has 0 aliphatic carbocycles. The van der Waals surface area contributed by atoms with E-state index in [1.165, 1.54) is 6.42 Å². The number of ether oxygens (including phenoxy) is 1. The van der Waals surface area contributed by atoms with Crippen molar-refractivity contribution in [2.75, 3.05) is 6.61 Å². The summed E-state index contributed by atoms with van der Waals surface area (Å²) in [5.41, 5.74) is 2.79. The van der Waals surface area contributed by atoms with Crippen LogP contribution in [0.25, 0.3) is 0 Å². The van der Waals surface area contributed by atoms with Crippen LogP contribution in [-0.4, -0.2) is 12.9 Å². The van der Waals surface area contributed by atoms with E-state index in [4.69, 9.17) is 4.74 Å². The van der Waals surface area contributed by atoms with Crippen LogP contribution in [0.5, 0.6) is 5.75 Å². The Balaban J connectivity index is 2.62. The van der Waals surface area contributed by atoms with Gasteiger partial charge in [0, 0.05) is 5.56 Å². The zero-order valence-electron chi connectivity index (χ0n) is 11.2. The highest BCUT2D eigenvalue weighted by atomic mass is 16.5. The number of carbonyl (C=O) groups excluding carboxylic acids is 1. The summed E-state index contributed by atoms with van der Waals surface area (Å²) in [6, 6.07) is 3.75. The first-order valence-electron chi connectivity index (χ1n) is 6.23. The highest BCUT2D eigenvalue weighted by molar-refractivity contribution is 5.76. The lowest BCUT2D eigenvalue weighted by Crippen LogP contribution is -2.03. The molecule has 2 heteroatoms. The maximum atomic E-state index is 10.7. The normalized spacial score (nSPS) is 10.6. The van der Waals surface area contributed by atoms with Gasteiger partial charge < -0.3 is 4.74 Å². The maximum Gasteiger partial charge on any atom is 0.150 e. The van der Waals surface area contributed by atoms with Crippen LogP contribution < -0.4 is 4.74 Å². The van der Waals surface area contributed by atoms with E-state index in [2.05, 4.69) is 13.8 Å². The molecule has 0 unspecified atom stereocenters. The van der Waals surface area contributed by atoms with Crippen molar-refractivity contribution in [1.29, 1.82) is 0 Å². The van der Waals surface area contributed by atoms with E-state index in [-0.39, 0.29) is 0 Å². The Bertz CT molecular complexity index is 358. The largest absolute Gasteiger partial charge is 0.493 e. The van der Waals surface area contributed by atoms with Crippen molar-refractivity contribution in [1.82, 2.24) is 0 Å². The topological polar surface area (TPSA) is 26.3 Å². The van der Waals surface area contributed by atoms with E-state index in [1.807, 2.05) is 26.0 Å². The van der Waals surface area contributed by atoms with Gasteiger partial charge in [0.05, 0.1) is 6.61 Å². The maximum absolute atomic E-state index is 10.7. The molecule has 94 valence electrons. The summed E-state index contributed by atoms with van der Waals surface area (Å²) in [5.74, 6) is 1.65. The summed E-state index contributed by atoms with van der Waals surface area (Å²) in [6.07, 6.45) is 3.14. The molecule has 1 aromatic carbocycles. The van der Waals surface area contributed by atoms with Gasteiger partial charge >= 0.3 is 0 Å². The molecule has 0 saturated carbocycles. The summed E-state index contributed by atoms with van der Waals surface area (Å²) < 4.78 is 5.80. The fourth-order valence-corrected chi connectivity index (χ4v) is 1.95. The number of rotatable bonds is 6. The molecule has 0 bridgehead atoms. The average Bonchev–Trinajstić information content (AvgIpc) is 2.26. The molecule has 0 spiro atoms. The third-order valence-electron chi connectivity index (χ3n) is 2.79. The van der Waals surface area contributed by atoms with Gasteiger partial charge in [0.15, 0.2) is 0 Å². The number of aryl methyl sites for hydroxylation is 2. The van der Waals surface area contributed by atoms with Gasteiger partial charge in [0.25, 0.3) is 0 Å². The van der Waals surface area contributed by atoms with Gasteiger partial charge in [-0.25, -0.2) is 0 Å². The van der Waals surface area contributed by atoms with Crippen molar-refractivity contribution < 1.29 is 9.53 Å². The zero-order chi connectivity index (χ0) is 12.8. The van der Waals surface area contributed by atoms with Crippen molar-refractivity contribution in [3.8, 4) is 5.75 Å². The van der Waals surface area contributed by atoms with Crippen LogP contribution in [-0.2, 0) is 0 Å². The fraction of sp³-hybridized carbons (Fsp3) is 0.533. The zero-order valence-corrected chi connectivity index (χ0v) is 11.2. The van der Waals surface area contributed by atoms with Crippen LogP contribution >= 0.6 is 0 Å². The first-order chi connectivity index (χ1) is 8.04. The lowest BCUT2D eigenvalue weighted by molar-refractivity contribution is 0.112. The molecule has 0 aromatic heterocycles. The van der Waals surface area contributed by atoms with Crippen LogP contribution in [0.1, 0.15) is 48.2 Å². The van der Waals surface area contributed by atoms with Crippen LogP contribution in [0.3, 0.4) is 0 Å². The molecule has 0 radical (unpaired) electrons. The first-order valence-corrected chi connectivity index (χ1v) is 6.23. The number of carbonyl (C=O) groups is 1. The van der Waals surface area contributed by atoms with Gasteiger partial charge in [-0.1, -0.05) is 13.8 Å². The highest BCUT2D eigenvalue weighted by Gasteiger charge is 2.06. The molecule has 17 heavy (non-hydrogen) atoms. The van der Waals surface area contributed by atoms with Crippen molar-refractivity contribution in [3.63, 3.8) is 0 Å². The Hall–Kier alpha value is -1.31. The standard InChI is InChI=1S/C15H22O2/c1-11(2)6-5-7-17-15-12(3)8-14(10-16)9-13(15)4/h8-11H,5-7H2,1-4H3. The molecule has 2 nitrogen and oxygen atoms in total. The molecule has 0 fully saturated rings. The molecule has 0 saturated heterocycles. The van der Waals surface area contributed by atoms with Crippen molar-refractivity contribution in [2.24, 2.45) is 5.92 Å². The van der Waals surface area contributed by atoms with Crippen LogP contribution in [0.15, 0.2) is 12.1 Å². The second-order valence-electron chi connectivity index (χ2n) is 4.99. The molecule has 0 N–H and O–H groups in total. The Labute approximate surface area is 104 Å². The van der Waals surface area contributed by atoms with Gasteiger partial charge in [0.1, 0.15) is 12.0 Å². The third kappa shape index (κ3) is 4.22. The lowest BCUT2D eigenvalue weighted by atomic mass is 10.1. The molecular weight excluding hydrogens is 212 g/mol. The number of aldehydes is 1. The molecule has 0 aliphatic heterocycles. The molecular formula is C15H22O2. The van der Waals surface area contributed by atoms with Crippen molar-refractivity contribution >= 4 is 6.29 Å². The van der Waals surface area contributed by atoms with Crippen LogP contribution in [0, 0.1) is 19.8 Å². The first kappa shape index (κ1) is 13.8. The monoisotopic (exact) mass is 234 g/mol. The minimum Gasteiger partial charge on any atom is -0.493 e. The van der Waals surface area contributed by atoms with Gasteiger partial charge in [-0.15, -0.1) is 0 Å². The van der Waals surface area contributed by atoms with Gasteiger partial charge in [-0.05, 0) is 55.9 Å². The molecule has 1 rings (SSSR count). The van der Waals surface area contributed by atoms with E-state index in [9.17, 15) is 4.79 Å². The average molecular weight is 234 g/mol. The van der Waals surface area contributed by atoms with Crippen molar-refractivity contribution in [2.45, 2.75) is 40.5 Å². The molecule has 0 aliphatic rings. The fourth-order valence-electron chi connectivity index (χ4n) is 1.95. The Morgan fingerprint density at radius 2 is 1.82 bits per heavy atom. The van der Waals surface area contributed by atoms with Gasteiger partial charge in [-0.3, -0.25) is 4.79 Å². The molecule has 1 aromatic rings.